The highest BCUT2D eigenvalue weighted by Crippen LogP contribution is 2.24. The number of nitrogens with one attached hydrogen (secondary N) is 1. The van der Waals surface area contributed by atoms with Crippen LogP contribution in [0.4, 0.5) is 0 Å². The number of quaternary nitrogens is 1. The lowest BCUT2D eigenvalue weighted by atomic mass is 9.84. The predicted octanol–water partition coefficient (Wildman–Crippen LogP) is 2.57. The number of fused-ring (bicyclic) bond motifs is 1. The number of hydrogen-bond donors (Lipinski definition) is 1. The Morgan fingerprint density at radius 3 is 2.74 bits per heavy atom. The fraction of sp³-hybridized carbons (Fsp3) is 0.650. The van der Waals surface area contributed by atoms with E-state index in [1.54, 1.807) is 4.90 Å². The van der Waals surface area contributed by atoms with Crippen molar-refractivity contribution in [2.45, 2.75) is 57.4 Å². The Kier molecular flexibility index (Phi) is 5.71. The summed E-state index contributed by atoms with van der Waals surface area (Å²) in [4.78, 5) is 14.3. The van der Waals surface area contributed by atoms with Crippen molar-refractivity contribution < 1.29 is 14.4 Å². The summed E-state index contributed by atoms with van der Waals surface area (Å²) in [5.74, 6) is 0.410. The van der Waals surface area contributed by atoms with Crippen molar-refractivity contribution in [3.05, 3.63) is 35.9 Å². The van der Waals surface area contributed by atoms with Gasteiger partial charge in [0.25, 0.3) is 0 Å². The maximum absolute atomic E-state index is 12.5. The number of esters is 1. The molecule has 126 valence electrons. The predicted molar refractivity (Wildman–Crippen MR) is 91.5 cm³/mol. The van der Waals surface area contributed by atoms with Crippen molar-refractivity contribution in [1.29, 1.82) is 0 Å². The lowest BCUT2D eigenvalue weighted by molar-refractivity contribution is -0.940. The van der Waals surface area contributed by atoms with Crippen LogP contribution in [0.15, 0.2) is 30.3 Å². The van der Waals surface area contributed by atoms with Gasteiger partial charge in [0, 0.05) is 5.92 Å². The summed E-state index contributed by atoms with van der Waals surface area (Å²) in [6, 6.07) is 10.8. The van der Waals surface area contributed by atoms with E-state index in [0.717, 1.165) is 18.0 Å². The quantitative estimate of drug-likeness (QED) is 0.847. The highest BCUT2D eigenvalue weighted by Gasteiger charge is 2.37. The highest BCUT2D eigenvalue weighted by atomic mass is 16.5. The summed E-state index contributed by atoms with van der Waals surface area (Å²) in [5.41, 5.74) is 1.08. The normalized spacial score (nSPS) is 28.7. The summed E-state index contributed by atoms with van der Waals surface area (Å²) in [7, 11) is 0. The zero-order chi connectivity index (χ0) is 16.1. The number of piperidine rings is 2. The van der Waals surface area contributed by atoms with Gasteiger partial charge >= 0.3 is 5.97 Å². The van der Waals surface area contributed by atoms with Gasteiger partial charge < -0.3 is 9.64 Å². The third-order valence-corrected chi connectivity index (χ3v) is 5.76. The van der Waals surface area contributed by atoms with E-state index < -0.39 is 0 Å². The van der Waals surface area contributed by atoms with Gasteiger partial charge in [-0.05, 0) is 44.1 Å². The third kappa shape index (κ3) is 3.95. The van der Waals surface area contributed by atoms with Crippen molar-refractivity contribution in [1.82, 2.24) is 0 Å². The molecule has 0 amide bonds. The van der Waals surface area contributed by atoms with E-state index in [1.165, 1.54) is 45.2 Å². The van der Waals surface area contributed by atoms with Gasteiger partial charge in [0.15, 0.2) is 0 Å². The Labute approximate surface area is 140 Å². The standard InChI is InChI=1S/C20H29NO2/c1-2-18(16-9-4-3-5-10-16)20(22)23-15-17-11-8-14-21-13-7-6-12-19(17)21/h3-5,9-10,17-19H,2,6-8,11-15H2,1H3/p+1/t17-,18-,19-/m1/s1. The first-order valence-corrected chi connectivity index (χ1v) is 9.35. The van der Waals surface area contributed by atoms with Gasteiger partial charge in [0.2, 0.25) is 0 Å². The van der Waals surface area contributed by atoms with Crippen LogP contribution in [0, 0.1) is 5.92 Å². The average molecular weight is 316 g/mol. The number of carbonyl (C=O) groups is 1. The molecule has 1 N–H and O–H groups in total. The van der Waals surface area contributed by atoms with Gasteiger partial charge in [0.05, 0.1) is 31.7 Å². The van der Waals surface area contributed by atoms with Crippen molar-refractivity contribution in [3.63, 3.8) is 0 Å². The molecule has 0 aromatic heterocycles. The zero-order valence-corrected chi connectivity index (χ0v) is 14.3. The van der Waals surface area contributed by atoms with E-state index in [1.807, 2.05) is 30.3 Å². The molecular weight excluding hydrogens is 286 g/mol. The summed E-state index contributed by atoms with van der Waals surface area (Å²) in [6.45, 7) is 5.32. The Morgan fingerprint density at radius 2 is 1.96 bits per heavy atom. The van der Waals surface area contributed by atoms with Gasteiger partial charge in [-0.15, -0.1) is 0 Å². The van der Waals surface area contributed by atoms with Crippen LogP contribution in [-0.2, 0) is 9.53 Å². The second kappa shape index (κ2) is 7.96. The third-order valence-electron chi connectivity index (χ3n) is 5.76. The Balaban J connectivity index is 1.57. The van der Waals surface area contributed by atoms with Gasteiger partial charge in [0.1, 0.15) is 0 Å². The molecule has 3 nitrogen and oxygen atoms in total. The molecule has 3 rings (SSSR count). The number of ether oxygens (including phenoxy) is 1. The van der Waals surface area contributed by atoms with Crippen LogP contribution in [0.25, 0.3) is 0 Å². The van der Waals surface area contributed by atoms with E-state index in [-0.39, 0.29) is 11.9 Å². The SMILES string of the molecule is CC[C@@H](C(=O)OC[C@H]1CCC[NH+]2CCCC[C@H]12)c1ccccc1. The molecule has 0 radical (unpaired) electrons. The summed E-state index contributed by atoms with van der Waals surface area (Å²) < 4.78 is 5.79. The molecule has 2 aliphatic rings. The Hall–Kier alpha value is -1.35. The fourth-order valence-electron chi connectivity index (χ4n) is 4.49. The first-order valence-electron chi connectivity index (χ1n) is 9.35. The minimum absolute atomic E-state index is 0.0402. The minimum Gasteiger partial charge on any atom is -0.465 e. The maximum atomic E-state index is 12.5. The van der Waals surface area contributed by atoms with Crippen LogP contribution < -0.4 is 4.90 Å². The van der Waals surface area contributed by atoms with Crippen molar-refractivity contribution >= 4 is 5.97 Å². The van der Waals surface area contributed by atoms with Gasteiger partial charge in [-0.1, -0.05) is 37.3 Å². The van der Waals surface area contributed by atoms with E-state index in [0.29, 0.717) is 12.5 Å². The van der Waals surface area contributed by atoms with E-state index in [9.17, 15) is 4.79 Å². The molecule has 1 aromatic rings. The molecule has 0 saturated carbocycles. The van der Waals surface area contributed by atoms with Crippen molar-refractivity contribution in [2.75, 3.05) is 19.7 Å². The smallest absolute Gasteiger partial charge is 0.313 e. The Morgan fingerprint density at radius 1 is 1.17 bits per heavy atom. The highest BCUT2D eigenvalue weighted by molar-refractivity contribution is 5.78. The van der Waals surface area contributed by atoms with Crippen molar-refractivity contribution in [2.24, 2.45) is 5.92 Å². The van der Waals surface area contributed by atoms with Crippen LogP contribution in [0.5, 0.6) is 0 Å². The largest absolute Gasteiger partial charge is 0.465 e. The molecule has 0 aliphatic carbocycles. The van der Waals surface area contributed by atoms with Gasteiger partial charge in [-0.3, -0.25) is 4.79 Å². The van der Waals surface area contributed by atoms with Crippen LogP contribution in [0.1, 0.15) is 56.9 Å². The lowest BCUT2D eigenvalue weighted by Gasteiger charge is -2.41. The minimum atomic E-state index is -0.116. The van der Waals surface area contributed by atoms with Crippen LogP contribution in [-0.4, -0.2) is 31.7 Å². The van der Waals surface area contributed by atoms with Crippen LogP contribution in [0.3, 0.4) is 0 Å². The average Bonchev–Trinajstić information content (AvgIpc) is 2.61. The Bertz CT molecular complexity index is 500. The molecule has 2 fully saturated rings. The molecule has 0 spiro atoms. The van der Waals surface area contributed by atoms with Crippen molar-refractivity contribution in [3.8, 4) is 0 Å². The molecule has 2 saturated heterocycles. The first-order chi connectivity index (χ1) is 11.3. The summed E-state index contributed by atoms with van der Waals surface area (Å²) >= 11 is 0. The van der Waals surface area contributed by atoms with E-state index in [4.69, 9.17) is 4.74 Å². The topological polar surface area (TPSA) is 30.7 Å². The molecule has 2 heterocycles. The summed E-state index contributed by atoms with van der Waals surface area (Å²) in [6.07, 6.45) is 7.33. The van der Waals surface area contributed by atoms with Crippen LogP contribution in [0.2, 0.25) is 0 Å². The first kappa shape index (κ1) is 16.5. The molecule has 0 bridgehead atoms. The molecule has 4 atom stereocenters. The number of benzene rings is 1. The maximum Gasteiger partial charge on any atom is 0.313 e. The fourth-order valence-corrected chi connectivity index (χ4v) is 4.49. The van der Waals surface area contributed by atoms with Crippen LogP contribution >= 0.6 is 0 Å². The molecule has 23 heavy (non-hydrogen) atoms. The second-order valence-electron chi connectivity index (χ2n) is 7.16. The van der Waals surface area contributed by atoms with E-state index >= 15 is 0 Å². The number of carbonyl (C=O) groups excluding carboxylic acids is 1. The summed E-state index contributed by atoms with van der Waals surface area (Å²) in [5, 5.41) is 0. The second-order valence-corrected chi connectivity index (χ2v) is 7.16. The molecule has 3 heteroatoms. The molecule has 1 aromatic carbocycles. The molecule has 1 unspecified atom stereocenters. The van der Waals surface area contributed by atoms with Gasteiger partial charge in [-0.2, -0.15) is 0 Å². The number of hydrogen-bond acceptors (Lipinski definition) is 2. The molecular formula is C20H30NO2+. The van der Waals surface area contributed by atoms with Gasteiger partial charge in [-0.25, -0.2) is 0 Å². The lowest BCUT2D eigenvalue weighted by Crippen LogP contribution is -3.18. The van der Waals surface area contributed by atoms with E-state index in [2.05, 4.69) is 6.92 Å². The zero-order valence-electron chi connectivity index (χ0n) is 14.3. The number of rotatable bonds is 5. The monoisotopic (exact) mass is 316 g/mol. The molecule has 2 aliphatic heterocycles.